The first-order valence-electron chi connectivity index (χ1n) is 4.32. The van der Waals surface area contributed by atoms with Gasteiger partial charge in [0.05, 0.1) is 4.91 Å². The summed E-state index contributed by atoms with van der Waals surface area (Å²) in [4.78, 5) is 4.31. The Bertz CT molecular complexity index is 490. The number of sulfone groups is 1. The Labute approximate surface area is 83.5 Å². The van der Waals surface area contributed by atoms with Crippen LogP contribution >= 0.6 is 0 Å². The van der Waals surface area contributed by atoms with Gasteiger partial charge in [-0.1, -0.05) is 19.9 Å². The van der Waals surface area contributed by atoms with E-state index in [1.165, 1.54) is 11.6 Å². The fourth-order valence-electron chi connectivity index (χ4n) is 1.48. The average molecular weight is 209 g/mol. The maximum atomic E-state index is 11.5. The summed E-state index contributed by atoms with van der Waals surface area (Å²) in [5.41, 5.74) is 0.546. The zero-order valence-corrected chi connectivity index (χ0v) is 8.88. The number of hydrogen-bond donors (Lipinski definition) is 0. The summed E-state index contributed by atoms with van der Waals surface area (Å²) in [6.07, 6.45) is 6.69. The second-order valence-corrected chi connectivity index (χ2v) is 5.84. The van der Waals surface area contributed by atoms with Crippen LogP contribution in [0.4, 0.5) is 0 Å². The van der Waals surface area contributed by atoms with Crippen LogP contribution in [0.1, 0.15) is 13.8 Å². The molecule has 0 amide bonds. The number of allylic oxidation sites excluding steroid dienone is 3. The lowest BCUT2D eigenvalue weighted by Crippen LogP contribution is -2.08. The van der Waals surface area contributed by atoms with Crippen LogP contribution in [0.15, 0.2) is 39.2 Å². The molecule has 0 unspecified atom stereocenters. The second-order valence-electron chi connectivity index (χ2n) is 4.04. The van der Waals surface area contributed by atoms with Crippen molar-refractivity contribution in [2.75, 3.05) is 0 Å². The molecule has 0 aliphatic carbocycles. The van der Waals surface area contributed by atoms with Crippen molar-refractivity contribution in [3.8, 4) is 0 Å². The van der Waals surface area contributed by atoms with Gasteiger partial charge in [-0.05, 0) is 11.6 Å². The van der Waals surface area contributed by atoms with Gasteiger partial charge in [-0.3, -0.25) is 4.99 Å². The summed E-state index contributed by atoms with van der Waals surface area (Å²) in [6, 6.07) is 0. The Morgan fingerprint density at radius 1 is 1.36 bits per heavy atom. The fourth-order valence-corrected chi connectivity index (χ4v) is 2.62. The molecule has 0 bridgehead atoms. The molecule has 4 heteroatoms. The van der Waals surface area contributed by atoms with Crippen LogP contribution in [-0.4, -0.2) is 14.6 Å². The zero-order chi connectivity index (χ0) is 10.4. The van der Waals surface area contributed by atoms with E-state index >= 15 is 0 Å². The predicted octanol–water partition coefficient (Wildman–Crippen LogP) is 1.81. The van der Waals surface area contributed by atoms with Gasteiger partial charge in [-0.2, -0.15) is 0 Å². The van der Waals surface area contributed by atoms with E-state index in [1.807, 2.05) is 19.9 Å². The minimum absolute atomic E-state index is 0.197. The van der Waals surface area contributed by atoms with Crippen molar-refractivity contribution in [2.24, 2.45) is 10.4 Å². The maximum absolute atomic E-state index is 11.5. The van der Waals surface area contributed by atoms with Gasteiger partial charge in [0.1, 0.15) is 0 Å². The number of hydrogen-bond acceptors (Lipinski definition) is 3. The SMILES string of the molecule is CC1(C)C=NC=C2C(=C1)C=CS2(=O)=O. The molecule has 74 valence electrons. The first-order chi connectivity index (χ1) is 6.41. The maximum Gasteiger partial charge on any atom is 0.201 e. The van der Waals surface area contributed by atoms with Crippen LogP contribution in [0, 0.1) is 5.41 Å². The molecule has 2 rings (SSSR count). The molecular weight excluding hydrogens is 198 g/mol. The monoisotopic (exact) mass is 209 g/mol. The van der Waals surface area contributed by atoms with E-state index in [0.717, 1.165) is 5.57 Å². The van der Waals surface area contributed by atoms with Crippen molar-refractivity contribution in [3.05, 3.63) is 34.2 Å². The molecular formula is C10H11NO2S. The standard InChI is InChI=1S/C10H11NO2S/c1-10(2)5-8-3-4-14(12,13)9(8)6-11-7-10/h3-7H,1-2H3. The lowest BCUT2D eigenvalue weighted by Gasteiger charge is -2.12. The van der Waals surface area contributed by atoms with Gasteiger partial charge in [0.25, 0.3) is 0 Å². The molecule has 3 nitrogen and oxygen atoms in total. The molecule has 2 heterocycles. The van der Waals surface area contributed by atoms with Crippen LogP contribution in [0.2, 0.25) is 0 Å². The van der Waals surface area contributed by atoms with Crippen LogP contribution in [0.3, 0.4) is 0 Å². The predicted molar refractivity (Wildman–Crippen MR) is 56.5 cm³/mol. The number of aliphatic imine (C=N–C) groups is 1. The molecule has 2 aliphatic rings. The summed E-state index contributed by atoms with van der Waals surface area (Å²) >= 11 is 0. The molecule has 0 aromatic heterocycles. The summed E-state index contributed by atoms with van der Waals surface area (Å²) < 4.78 is 23.0. The molecule has 0 aromatic rings. The van der Waals surface area contributed by atoms with Crippen molar-refractivity contribution in [3.63, 3.8) is 0 Å². The van der Waals surface area contributed by atoms with E-state index < -0.39 is 9.84 Å². The van der Waals surface area contributed by atoms with E-state index in [-0.39, 0.29) is 5.41 Å². The zero-order valence-electron chi connectivity index (χ0n) is 8.06. The van der Waals surface area contributed by atoms with E-state index in [2.05, 4.69) is 4.99 Å². The third-order valence-corrected chi connectivity index (χ3v) is 3.59. The second kappa shape index (κ2) is 2.67. The minimum Gasteiger partial charge on any atom is -0.267 e. The Kier molecular flexibility index (Phi) is 1.79. The van der Waals surface area contributed by atoms with Gasteiger partial charge in [0.15, 0.2) is 0 Å². The largest absolute Gasteiger partial charge is 0.267 e. The van der Waals surface area contributed by atoms with Gasteiger partial charge in [-0.15, -0.1) is 0 Å². The Hall–Kier alpha value is -1.16. The molecule has 0 saturated carbocycles. The van der Waals surface area contributed by atoms with Crippen molar-refractivity contribution in [1.82, 2.24) is 0 Å². The summed E-state index contributed by atoms with van der Waals surface area (Å²) in [5, 5.41) is 1.22. The third kappa shape index (κ3) is 1.46. The van der Waals surface area contributed by atoms with Crippen LogP contribution in [0.5, 0.6) is 0 Å². The van der Waals surface area contributed by atoms with Gasteiger partial charge in [0, 0.05) is 23.2 Å². The quantitative estimate of drug-likeness (QED) is 0.610. The first-order valence-corrected chi connectivity index (χ1v) is 5.86. The van der Waals surface area contributed by atoms with Crippen molar-refractivity contribution >= 4 is 16.1 Å². The van der Waals surface area contributed by atoms with E-state index in [4.69, 9.17) is 0 Å². The first kappa shape index (κ1) is 9.40. The topological polar surface area (TPSA) is 46.5 Å². The Morgan fingerprint density at radius 3 is 2.79 bits per heavy atom. The van der Waals surface area contributed by atoms with Gasteiger partial charge in [-0.25, -0.2) is 8.42 Å². The minimum atomic E-state index is -3.22. The van der Waals surface area contributed by atoms with Crippen LogP contribution < -0.4 is 0 Å². The highest BCUT2D eigenvalue weighted by molar-refractivity contribution is 7.98. The lowest BCUT2D eigenvalue weighted by molar-refractivity contribution is 0.611. The van der Waals surface area contributed by atoms with E-state index in [9.17, 15) is 8.42 Å². The van der Waals surface area contributed by atoms with Gasteiger partial charge in [0.2, 0.25) is 9.84 Å². The molecule has 2 aliphatic heterocycles. The van der Waals surface area contributed by atoms with Crippen LogP contribution in [-0.2, 0) is 9.84 Å². The number of fused-ring (bicyclic) bond motifs is 1. The van der Waals surface area contributed by atoms with Gasteiger partial charge >= 0.3 is 0 Å². The third-order valence-electron chi connectivity index (χ3n) is 2.14. The smallest absolute Gasteiger partial charge is 0.201 e. The fraction of sp³-hybridized carbons (Fsp3) is 0.300. The molecule has 0 N–H and O–H groups in total. The molecule has 0 atom stereocenters. The molecule has 0 radical (unpaired) electrons. The molecule has 0 aromatic carbocycles. The Balaban J connectivity index is 2.62. The highest BCUT2D eigenvalue weighted by Gasteiger charge is 2.27. The highest BCUT2D eigenvalue weighted by Crippen LogP contribution is 2.32. The normalized spacial score (nSPS) is 26.4. The van der Waals surface area contributed by atoms with Crippen molar-refractivity contribution < 1.29 is 8.42 Å². The number of rotatable bonds is 0. The molecule has 0 saturated heterocycles. The molecule has 0 spiro atoms. The number of nitrogens with zero attached hydrogens (tertiary/aromatic N) is 1. The van der Waals surface area contributed by atoms with Crippen LogP contribution in [0.25, 0.3) is 0 Å². The summed E-state index contributed by atoms with van der Waals surface area (Å²) in [5.74, 6) is 0. The highest BCUT2D eigenvalue weighted by atomic mass is 32.2. The van der Waals surface area contributed by atoms with Crippen molar-refractivity contribution in [1.29, 1.82) is 0 Å². The summed E-state index contributed by atoms with van der Waals surface area (Å²) in [6.45, 7) is 3.97. The van der Waals surface area contributed by atoms with Gasteiger partial charge < -0.3 is 0 Å². The van der Waals surface area contributed by atoms with E-state index in [1.54, 1.807) is 12.3 Å². The molecule has 0 fully saturated rings. The lowest BCUT2D eigenvalue weighted by atomic mass is 9.93. The average Bonchev–Trinajstić information content (AvgIpc) is 2.27. The molecule has 14 heavy (non-hydrogen) atoms. The van der Waals surface area contributed by atoms with Crippen molar-refractivity contribution in [2.45, 2.75) is 13.8 Å². The summed E-state index contributed by atoms with van der Waals surface area (Å²) in [7, 11) is -3.22. The van der Waals surface area contributed by atoms with E-state index in [0.29, 0.717) is 4.91 Å². The Morgan fingerprint density at radius 2 is 2.07 bits per heavy atom.